The Bertz CT molecular complexity index is 754. The number of aromatic nitrogens is 2. The van der Waals surface area contributed by atoms with E-state index in [1.165, 1.54) is 11.1 Å². The molecule has 1 N–H and O–H groups in total. The van der Waals surface area contributed by atoms with Gasteiger partial charge in [-0.15, -0.1) is 0 Å². The summed E-state index contributed by atoms with van der Waals surface area (Å²) in [6.45, 7) is 4.18. The van der Waals surface area contributed by atoms with Crippen LogP contribution in [0.15, 0.2) is 30.3 Å². The molecule has 0 spiro atoms. The van der Waals surface area contributed by atoms with E-state index in [2.05, 4.69) is 35.9 Å². The molecule has 0 bridgehead atoms. The first-order valence-electron chi connectivity index (χ1n) is 6.39. The van der Waals surface area contributed by atoms with Gasteiger partial charge >= 0.3 is 0 Å². The Morgan fingerprint density at radius 2 is 1.85 bits per heavy atom. The highest BCUT2D eigenvalue weighted by atomic mass is 35.5. The largest absolute Gasteiger partial charge is 0.496 e. The van der Waals surface area contributed by atoms with Crippen LogP contribution < -0.4 is 4.74 Å². The summed E-state index contributed by atoms with van der Waals surface area (Å²) in [6.07, 6.45) is 0. The van der Waals surface area contributed by atoms with Crippen molar-refractivity contribution in [2.24, 2.45) is 0 Å². The fourth-order valence-electron chi connectivity index (χ4n) is 2.26. The highest BCUT2D eigenvalue weighted by molar-refractivity contribution is 6.30. The van der Waals surface area contributed by atoms with Crippen molar-refractivity contribution >= 4 is 22.6 Å². The molecule has 3 nitrogen and oxygen atoms in total. The second kappa shape index (κ2) is 4.84. The number of benzene rings is 2. The van der Waals surface area contributed by atoms with Crippen LogP contribution in [0.3, 0.4) is 0 Å². The molecule has 0 unspecified atom stereocenters. The standard InChI is InChI=1S/C16H15ClN2O/c1-9-6-13-14(7-10(9)2)19-16(18-13)12-5-4-11(17)8-15(12)20-3/h4-8H,1-3H3,(H,18,19). The minimum Gasteiger partial charge on any atom is -0.496 e. The van der Waals surface area contributed by atoms with Crippen LogP contribution in [-0.2, 0) is 0 Å². The van der Waals surface area contributed by atoms with Crippen LogP contribution in [0.4, 0.5) is 0 Å². The summed E-state index contributed by atoms with van der Waals surface area (Å²) in [4.78, 5) is 7.98. The third kappa shape index (κ3) is 2.14. The molecule has 0 radical (unpaired) electrons. The summed E-state index contributed by atoms with van der Waals surface area (Å²) in [5.41, 5.74) is 5.37. The fraction of sp³-hybridized carbons (Fsp3) is 0.188. The predicted molar refractivity (Wildman–Crippen MR) is 82.6 cm³/mol. The predicted octanol–water partition coefficient (Wildman–Crippen LogP) is 4.51. The number of halogens is 1. The van der Waals surface area contributed by atoms with Crippen molar-refractivity contribution in [3.8, 4) is 17.1 Å². The monoisotopic (exact) mass is 286 g/mol. The zero-order valence-corrected chi connectivity index (χ0v) is 12.4. The normalized spacial score (nSPS) is 11.0. The minimum atomic E-state index is 0.647. The van der Waals surface area contributed by atoms with E-state index in [0.717, 1.165) is 22.4 Å². The summed E-state index contributed by atoms with van der Waals surface area (Å²) >= 11 is 5.99. The van der Waals surface area contributed by atoms with Crippen LogP contribution in [-0.4, -0.2) is 17.1 Å². The van der Waals surface area contributed by atoms with Gasteiger partial charge < -0.3 is 9.72 Å². The molecular formula is C16H15ClN2O. The molecule has 4 heteroatoms. The van der Waals surface area contributed by atoms with Crippen LogP contribution in [0, 0.1) is 13.8 Å². The van der Waals surface area contributed by atoms with Gasteiger partial charge in [0.25, 0.3) is 0 Å². The molecular weight excluding hydrogens is 272 g/mol. The lowest BCUT2D eigenvalue weighted by Gasteiger charge is -2.06. The summed E-state index contributed by atoms with van der Waals surface area (Å²) in [6, 6.07) is 9.75. The lowest BCUT2D eigenvalue weighted by Crippen LogP contribution is -1.89. The molecule has 1 heterocycles. The van der Waals surface area contributed by atoms with Gasteiger partial charge in [-0.3, -0.25) is 0 Å². The molecule has 0 aliphatic heterocycles. The molecule has 0 fully saturated rings. The molecule has 20 heavy (non-hydrogen) atoms. The van der Waals surface area contributed by atoms with Crippen molar-refractivity contribution in [2.75, 3.05) is 7.11 Å². The Labute approximate surface area is 122 Å². The molecule has 1 aromatic heterocycles. The highest BCUT2D eigenvalue weighted by Gasteiger charge is 2.11. The Morgan fingerprint density at radius 3 is 2.60 bits per heavy atom. The van der Waals surface area contributed by atoms with Crippen molar-refractivity contribution in [3.05, 3.63) is 46.5 Å². The molecule has 0 amide bonds. The van der Waals surface area contributed by atoms with Gasteiger partial charge in [0.05, 0.1) is 23.7 Å². The Morgan fingerprint density at radius 1 is 1.10 bits per heavy atom. The number of aromatic amines is 1. The maximum atomic E-state index is 5.99. The lowest BCUT2D eigenvalue weighted by atomic mass is 10.1. The Kier molecular flexibility index (Phi) is 3.14. The zero-order chi connectivity index (χ0) is 14.3. The van der Waals surface area contributed by atoms with Crippen LogP contribution in [0.5, 0.6) is 5.75 Å². The number of hydrogen-bond acceptors (Lipinski definition) is 2. The van der Waals surface area contributed by atoms with E-state index in [4.69, 9.17) is 16.3 Å². The van der Waals surface area contributed by atoms with Crippen LogP contribution in [0.25, 0.3) is 22.4 Å². The van der Waals surface area contributed by atoms with Crippen molar-refractivity contribution in [1.29, 1.82) is 0 Å². The van der Waals surface area contributed by atoms with Gasteiger partial charge in [0.2, 0.25) is 0 Å². The summed E-state index contributed by atoms with van der Waals surface area (Å²) in [7, 11) is 1.63. The summed E-state index contributed by atoms with van der Waals surface area (Å²) in [5, 5.41) is 0.647. The van der Waals surface area contributed by atoms with E-state index >= 15 is 0 Å². The lowest BCUT2D eigenvalue weighted by molar-refractivity contribution is 0.416. The number of methoxy groups -OCH3 is 1. The summed E-state index contributed by atoms with van der Waals surface area (Å²) in [5.74, 6) is 1.50. The SMILES string of the molecule is COc1cc(Cl)ccc1-c1nc2cc(C)c(C)cc2[nH]1. The van der Waals surface area contributed by atoms with Gasteiger partial charge in [0, 0.05) is 5.02 Å². The molecule has 3 aromatic rings. The smallest absolute Gasteiger partial charge is 0.142 e. The van der Waals surface area contributed by atoms with Gasteiger partial charge in [-0.1, -0.05) is 11.6 Å². The van der Waals surface area contributed by atoms with E-state index in [-0.39, 0.29) is 0 Å². The molecule has 0 atom stereocenters. The second-order valence-corrected chi connectivity index (χ2v) is 5.32. The summed E-state index contributed by atoms with van der Waals surface area (Å²) < 4.78 is 5.38. The van der Waals surface area contributed by atoms with E-state index in [1.54, 1.807) is 13.2 Å². The topological polar surface area (TPSA) is 37.9 Å². The number of ether oxygens (including phenoxy) is 1. The second-order valence-electron chi connectivity index (χ2n) is 4.88. The van der Waals surface area contributed by atoms with E-state index in [1.807, 2.05) is 12.1 Å². The van der Waals surface area contributed by atoms with E-state index < -0.39 is 0 Å². The first-order chi connectivity index (χ1) is 9.58. The van der Waals surface area contributed by atoms with E-state index in [9.17, 15) is 0 Å². The number of imidazole rings is 1. The van der Waals surface area contributed by atoms with Crippen LogP contribution in [0.1, 0.15) is 11.1 Å². The fourth-order valence-corrected chi connectivity index (χ4v) is 2.42. The maximum Gasteiger partial charge on any atom is 0.142 e. The van der Waals surface area contributed by atoms with Crippen LogP contribution >= 0.6 is 11.6 Å². The van der Waals surface area contributed by atoms with Gasteiger partial charge in [-0.05, 0) is 55.3 Å². The molecule has 0 aliphatic rings. The third-order valence-corrected chi connectivity index (χ3v) is 3.75. The average Bonchev–Trinajstić information content (AvgIpc) is 2.81. The minimum absolute atomic E-state index is 0.647. The quantitative estimate of drug-likeness (QED) is 0.753. The number of nitrogens with zero attached hydrogens (tertiary/aromatic N) is 1. The number of nitrogens with one attached hydrogen (secondary N) is 1. The Hall–Kier alpha value is -2.00. The molecule has 2 aromatic carbocycles. The van der Waals surface area contributed by atoms with Crippen molar-refractivity contribution in [2.45, 2.75) is 13.8 Å². The number of aryl methyl sites for hydroxylation is 2. The molecule has 0 aliphatic carbocycles. The number of hydrogen-bond donors (Lipinski definition) is 1. The molecule has 0 saturated heterocycles. The highest BCUT2D eigenvalue weighted by Crippen LogP contribution is 2.32. The van der Waals surface area contributed by atoms with Crippen molar-refractivity contribution < 1.29 is 4.74 Å². The molecule has 102 valence electrons. The third-order valence-electron chi connectivity index (χ3n) is 3.52. The van der Waals surface area contributed by atoms with Crippen LogP contribution in [0.2, 0.25) is 5.02 Å². The van der Waals surface area contributed by atoms with Crippen molar-refractivity contribution in [1.82, 2.24) is 9.97 Å². The van der Waals surface area contributed by atoms with E-state index in [0.29, 0.717) is 10.8 Å². The molecule has 3 rings (SSSR count). The first kappa shape index (κ1) is 13.0. The Balaban J connectivity index is 2.20. The first-order valence-corrected chi connectivity index (χ1v) is 6.77. The molecule has 0 saturated carbocycles. The number of rotatable bonds is 2. The van der Waals surface area contributed by atoms with Gasteiger partial charge in [0.1, 0.15) is 11.6 Å². The van der Waals surface area contributed by atoms with Gasteiger partial charge in [-0.2, -0.15) is 0 Å². The van der Waals surface area contributed by atoms with Gasteiger partial charge in [0.15, 0.2) is 0 Å². The average molecular weight is 287 g/mol. The number of H-pyrrole nitrogens is 1. The maximum absolute atomic E-state index is 5.99. The number of fused-ring (bicyclic) bond motifs is 1. The van der Waals surface area contributed by atoms with Crippen molar-refractivity contribution in [3.63, 3.8) is 0 Å². The van der Waals surface area contributed by atoms with Gasteiger partial charge in [-0.25, -0.2) is 4.98 Å². The zero-order valence-electron chi connectivity index (χ0n) is 11.6.